The normalized spacial score (nSPS) is 17.2. The highest BCUT2D eigenvalue weighted by Gasteiger charge is 2.29. The third-order valence-electron chi connectivity index (χ3n) is 5.51. The van der Waals surface area contributed by atoms with Gasteiger partial charge in [-0.2, -0.15) is 0 Å². The van der Waals surface area contributed by atoms with Crippen LogP contribution in [0.15, 0.2) is 60.8 Å². The molecule has 0 aliphatic carbocycles. The van der Waals surface area contributed by atoms with E-state index in [-0.39, 0.29) is 11.9 Å². The fourth-order valence-corrected chi connectivity index (χ4v) is 4.17. The summed E-state index contributed by atoms with van der Waals surface area (Å²) >= 11 is 0. The number of benzene rings is 2. The van der Waals surface area contributed by atoms with Crippen LogP contribution < -0.4 is 0 Å². The fourth-order valence-electron chi connectivity index (χ4n) is 4.17. The van der Waals surface area contributed by atoms with Crippen molar-refractivity contribution in [3.05, 3.63) is 77.5 Å². The van der Waals surface area contributed by atoms with Gasteiger partial charge in [-0.15, -0.1) is 0 Å². The third kappa shape index (κ3) is 3.78. The third-order valence-corrected chi connectivity index (χ3v) is 5.51. The molecule has 4 heteroatoms. The largest absolute Gasteiger partial charge is 0.332 e. The summed E-state index contributed by atoms with van der Waals surface area (Å²) in [6.07, 6.45) is 4.97. The molecule has 0 saturated carbocycles. The summed E-state index contributed by atoms with van der Waals surface area (Å²) in [5, 5.41) is 0.931. The minimum Gasteiger partial charge on any atom is -0.332 e. The van der Waals surface area contributed by atoms with Gasteiger partial charge in [0.15, 0.2) is 0 Å². The average molecular weight is 374 g/mol. The van der Waals surface area contributed by atoms with Crippen LogP contribution in [-0.4, -0.2) is 41.3 Å². The van der Waals surface area contributed by atoms with E-state index >= 15 is 0 Å². The molecule has 0 N–H and O–H groups in total. The van der Waals surface area contributed by atoms with Crippen LogP contribution in [0, 0.1) is 0 Å². The van der Waals surface area contributed by atoms with Crippen LogP contribution in [0.2, 0.25) is 0 Å². The number of rotatable bonds is 4. The summed E-state index contributed by atoms with van der Waals surface area (Å²) in [5.74, 6) is 0.112. The summed E-state index contributed by atoms with van der Waals surface area (Å²) in [4.78, 5) is 22.1. The Hall–Kier alpha value is -2.72. The minimum atomic E-state index is 0.112. The molecule has 144 valence electrons. The molecular formula is C24H27N3O. The molecule has 1 atom stereocenters. The first kappa shape index (κ1) is 18.6. The number of hydrogen-bond donors (Lipinski definition) is 0. The Balaban J connectivity index is 1.64. The number of piperidine rings is 1. The van der Waals surface area contributed by atoms with Crippen LogP contribution >= 0.6 is 0 Å². The van der Waals surface area contributed by atoms with Crippen LogP contribution in [0.3, 0.4) is 0 Å². The molecule has 1 aliphatic rings. The number of pyridine rings is 1. The van der Waals surface area contributed by atoms with Crippen molar-refractivity contribution in [3.8, 4) is 0 Å². The first-order valence-corrected chi connectivity index (χ1v) is 10.0. The van der Waals surface area contributed by atoms with Gasteiger partial charge < -0.3 is 9.80 Å². The molecule has 4 rings (SSSR count). The van der Waals surface area contributed by atoms with Crippen molar-refractivity contribution in [2.24, 2.45) is 0 Å². The molecule has 3 aromatic rings. The number of likely N-dealkylation sites (tertiary alicyclic amines) is 1. The Labute approximate surface area is 166 Å². The van der Waals surface area contributed by atoms with Gasteiger partial charge in [-0.05, 0) is 56.6 Å². The second-order valence-electron chi connectivity index (χ2n) is 7.87. The molecule has 1 amide bonds. The maximum Gasteiger partial charge on any atom is 0.255 e. The van der Waals surface area contributed by atoms with Crippen molar-refractivity contribution in [1.82, 2.24) is 14.8 Å². The highest BCUT2D eigenvalue weighted by molar-refractivity contribution is 6.06. The van der Waals surface area contributed by atoms with E-state index in [0.29, 0.717) is 0 Å². The molecular weight excluding hydrogens is 346 g/mol. The Morgan fingerprint density at radius 3 is 2.64 bits per heavy atom. The number of para-hydroxylation sites is 1. The minimum absolute atomic E-state index is 0.112. The van der Waals surface area contributed by atoms with Crippen LogP contribution in [0.1, 0.15) is 46.8 Å². The van der Waals surface area contributed by atoms with Crippen molar-refractivity contribution in [2.75, 3.05) is 20.6 Å². The lowest BCUT2D eigenvalue weighted by Crippen LogP contribution is -2.38. The van der Waals surface area contributed by atoms with Gasteiger partial charge in [0.05, 0.1) is 17.1 Å². The highest BCUT2D eigenvalue weighted by Crippen LogP contribution is 2.33. The maximum absolute atomic E-state index is 13.5. The fraction of sp³-hybridized carbons (Fsp3) is 0.333. The number of carbonyl (C=O) groups is 1. The van der Waals surface area contributed by atoms with Gasteiger partial charge in [-0.1, -0.05) is 42.5 Å². The zero-order chi connectivity index (χ0) is 19.5. The lowest BCUT2D eigenvalue weighted by Gasteiger charge is -2.36. The average Bonchev–Trinajstić information content (AvgIpc) is 2.73. The van der Waals surface area contributed by atoms with Crippen LogP contribution in [0.25, 0.3) is 10.9 Å². The molecule has 28 heavy (non-hydrogen) atoms. The van der Waals surface area contributed by atoms with Crippen molar-refractivity contribution in [3.63, 3.8) is 0 Å². The second kappa shape index (κ2) is 8.11. The van der Waals surface area contributed by atoms with E-state index in [1.54, 1.807) is 6.20 Å². The second-order valence-corrected chi connectivity index (χ2v) is 7.87. The molecule has 1 fully saturated rings. The molecule has 2 heterocycles. The molecule has 4 nitrogen and oxygen atoms in total. The number of aromatic nitrogens is 1. The maximum atomic E-state index is 13.5. The van der Waals surface area contributed by atoms with Gasteiger partial charge in [-0.25, -0.2) is 0 Å². The first-order valence-electron chi connectivity index (χ1n) is 10.0. The predicted molar refractivity (Wildman–Crippen MR) is 113 cm³/mol. The Morgan fingerprint density at radius 2 is 1.86 bits per heavy atom. The topological polar surface area (TPSA) is 36.4 Å². The molecule has 1 aliphatic heterocycles. The van der Waals surface area contributed by atoms with Crippen molar-refractivity contribution in [1.29, 1.82) is 0 Å². The Morgan fingerprint density at radius 1 is 1.07 bits per heavy atom. The molecule has 1 saturated heterocycles. The van der Waals surface area contributed by atoms with Crippen LogP contribution in [0.4, 0.5) is 0 Å². The Kier molecular flexibility index (Phi) is 5.40. The van der Waals surface area contributed by atoms with E-state index in [4.69, 9.17) is 0 Å². The van der Waals surface area contributed by atoms with E-state index in [1.807, 2.05) is 30.3 Å². The monoisotopic (exact) mass is 373 g/mol. The molecule has 0 radical (unpaired) electrons. The number of carbonyl (C=O) groups excluding carboxylic acids is 1. The lowest BCUT2D eigenvalue weighted by atomic mass is 9.93. The van der Waals surface area contributed by atoms with E-state index in [2.05, 4.69) is 53.1 Å². The van der Waals surface area contributed by atoms with E-state index < -0.39 is 0 Å². The van der Waals surface area contributed by atoms with Gasteiger partial charge in [0.25, 0.3) is 5.91 Å². The van der Waals surface area contributed by atoms with Gasteiger partial charge in [-0.3, -0.25) is 9.78 Å². The smallest absolute Gasteiger partial charge is 0.255 e. The summed E-state index contributed by atoms with van der Waals surface area (Å²) in [6.45, 7) is 1.73. The molecule has 0 spiro atoms. The number of nitrogens with zero attached hydrogens (tertiary/aromatic N) is 3. The van der Waals surface area contributed by atoms with Crippen LogP contribution in [0.5, 0.6) is 0 Å². The lowest BCUT2D eigenvalue weighted by molar-refractivity contribution is 0.0613. The highest BCUT2D eigenvalue weighted by atomic mass is 16.2. The summed E-state index contributed by atoms with van der Waals surface area (Å²) in [6, 6.07) is 18.6. The van der Waals surface area contributed by atoms with Crippen LogP contribution in [-0.2, 0) is 6.54 Å². The molecule has 1 aromatic heterocycles. The predicted octanol–water partition coefficient (Wildman–Crippen LogP) is 4.66. The van der Waals surface area contributed by atoms with Crippen molar-refractivity contribution >= 4 is 16.8 Å². The van der Waals surface area contributed by atoms with E-state index in [1.165, 1.54) is 11.1 Å². The number of hydrogen-bond acceptors (Lipinski definition) is 3. The number of amides is 1. The zero-order valence-electron chi connectivity index (χ0n) is 16.6. The molecule has 0 bridgehead atoms. The molecule has 2 aromatic carbocycles. The van der Waals surface area contributed by atoms with Gasteiger partial charge in [0.1, 0.15) is 0 Å². The summed E-state index contributed by atoms with van der Waals surface area (Å²) in [7, 11) is 4.16. The van der Waals surface area contributed by atoms with Gasteiger partial charge in [0.2, 0.25) is 0 Å². The standard InChI is InChI=1S/C24H27N3O/c1-26(2)17-18-10-12-19(13-11-18)23-9-5-6-16-27(23)24(28)21-14-15-25-22-8-4-3-7-20(21)22/h3-4,7-8,10-15,23H,5-6,9,16-17H2,1-2H3/t23-/m0/s1. The summed E-state index contributed by atoms with van der Waals surface area (Å²) < 4.78 is 0. The van der Waals surface area contributed by atoms with E-state index in [9.17, 15) is 4.79 Å². The SMILES string of the molecule is CN(C)Cc1ccc([C@@H]2CCCCN2C(=O)c2ccnc3ccccc23)cc1. The van der Waals surface area contributed by atoms with Gasteiger partial charge >= 0.3 is 0 Å². The summed E-state index contributed by atoms with van der Waals surface area (Å²) in [5.41, 5.74) is 4.15. The quantitative estimate of drug-likeness (QED) is 0.667. The first-order chi connectivity index (χ1) is 13.6. The van der Waals surface area contributed by atoms with Crippen molar-refractivity contribution < 1.29 is 4.79 Å². The van der Waals surface area contributed by atoms with Gasteiger partial charge in [0, 0.05) is 24.7 Å². The zero-order valence-corrected chi connectivity index (χ0v) is 16.6. The number of fused-ring (bicyclic) bond motifs is 1. The van der Waals surface area contributed by atoms with Crippen molar-refractivity contribution in [2.45, 2.75) is 31.8 Å². The Bertz CT molecular complexity index is 960. The molecule has 0 unspecified atom stereocenters. The van der Waals surface area contributed by atoms with E-state index in [0.717, 1.165) is 48.8 Å².